The van der Waals surface area contributed by atoms with Crippen LogP contribution in [0.3, 0.4) is 0 Å². The van der Waals surface area contributed by atoms with E-state index >= 15 is 0 Å². The lowest BCUT2D eigenvalue weighted by Crippen LogP contribution is -2.17. The van der Waals surface area contributed by atoms with Crippen LogP contribution in [-0.2, 0) is 0 Å². The Balaban J connectivity index is 2.42. The Morgan fingerprint density at radius 3 is 2.00 bits per heavy atom. The third-order valence-corrected chi connectivity index (χ3v) is 2.68. The zero-order valence-electron chi connectivity index (χ0n) is 8.01. The van der Waals surface area contributed by atoms with Gasteiger partial charge in [-0.2, -0.15) is 0 Å². The van der Waals surface area contributed by atoms with E-state index in [4.69, 9.17) is 0 Å². The molecule has 0 nitrogen and oxygen atoms in total. The first-order valence-corrected chi connectivity index (χ1v) is 4.85. The van der Waals surface area contributed by atoms with Gasteiger partial charge in [-0.25, -0.2) is 0 Å². The van der Waals surface area contributed by atoms with Crippen molar-refractivity contribution in [1.29, 1.82) is 0 Å². The van der Waals surface area contributed by atoms with Gasteiger partial charge in [-0.05, 0) is 43.9 Å². The number of rotatable bonds is 1. The van der Waals surface area contributed by atoms with E-state index < -0.39 is 0 Å². The van der Waals surface area contributed by atoms with Gasteiger partial charge in [0.25, 0.3) is 0 Å². The van der Waals surface area contributed by atoms with Crippen LogP contribution in [0.15, 0.2) is 12.2 Å². The summed E-state index contributed by atoms with van der Waals surface area (Å²) >= 11 is 0. The molecule has 0 saturated heterocycles. The zero-order valence-corrected chi connectivity index (χ0v) is 8.01. The van der Waals surface area contributed by atoms with Gasteiger partial charge in [0.15, 0.2) is 0 Å². The third kappa shape index (κ3) is 2.69. The second-order valence-corrected chi connectivity index (χ2v) is 4.20. The molecule has 1 aliphatic rings. The molecule has 1 aliphatic carbocycles. The molecule has 0 aliphatic heterocycles. The molecule has 0 aromatic heterocycles. The van der Waals surface area contributed by atoms with Crippen molar-refractivity contribution in [3.63, 3.8) is 0 Å². The van der Waals surface area contributed by atoms with Gasteiger partial charge in [-0.3, -0.25) is 0 Å². The van der Waals surface area contributed by atoms with Crippen molar-refractivity contribution >= 4 is 0 Å². The summed E-state index contributed by atoms with van der Waals surface area (Å²) in [5.74, 6) is 2.76. The number of hydrogen-bond acceptors (Lipinski definition) is 0. The average Bonchev–Trinajstić information content (AvgIpc) is 1.85. The quantitative estimate of drug-likeness (QED) is 0.503. The van der Waals surface area contributed by atoms with Gasteiger partial charge >= 0.3 is 0 Å². The van der Waals surface area contributed by atoms with Crippen LogP contribution in [0.1, 0.15) is 40.0 Å². The molecule has 11 heavy (non-hydrogen) atoms. The summed E-state index contributed by atoms with van der Waals surface area (Å²) in [4.78, 5) is 0. The molecule has 1 saturated carbocycles. The zero-order chi connectivity index (χ0) is 8.27. The molecule has 0 heteroatoms. The van der Waals surface area contributed by atoms with Gasteiger partial charge < -0.3 is 0 Å². The normalized spacial score (nSPS) is 39.7. The molecule has 0 spiro atoms. The minimum Gasteiger partial charge on any atom is -0.0914 e. The lowest BCUT2D eigenvalue weighted by Gasteiger charge is -2.29. The van der Waals surface area contributed by atoms with Gasteiger partial charge in [0.1, 0.15) is 0 Å². The SMILES string of the molecule is C/C=C/C1CC(C)CC(C)C1. The molecule has 2 unspecified atom stereocenters. The highest BCUT2D eigenvalue weighted by Gasteiger charge is 2.21. The Morgan fingerprint density at radius 1 is 1.00 bits per heavy atom. The fraction of sp³-hybridized carbons (Fsp3) is 0.818. The van der Waals surface area contributed by atoms with E-state index in [1.165, 1.54) is 19.3 Å². The monoisotopic (exact) mass is 152 g/mol. The van der Waals surface area contributed by atoms with Crippen LogP contribution in [0, 0.1) is 17.8 Å². The fourth-order valence-corrected chi connectivity index (χ4v) is 2.44. The van der Waals surface area contributed by atoms with E-state index in [0.29, 0.717) is 0 Å². The molecule has 0 radical (unpaired) electrons. The van der Waals surface area contributed by atoms with Crippen LogP contribution in [-0.4, -0.2) is 0 Å². The van der Waals surface area contributed by atoms with Gasteiger partial charge in [0.2, 0.25) is 0 Å². The Hall–Kier alpha value is -0.260. The van der Waals surface area contributed by atoms with Crippen LogP contribution < -0.4 is 0 Å². The molecule has 0 heterocycles. The van der Waals surface area contributed by atoms with Gasteiger partial charge in [0.05, 0.1) is 0 Å². The van der Waals surface area contributed by atoms with Crippen LogP contribution in [0.5, 0.6) is 0 Å². The summed E-state index contributed by atoms with van der Waals surface area (Å²) in [6, 6.07) is 0. The molecule has 1 fully saturated rings. The molecule has 0 aromatic carbocycles. The summed E-state index contributed by atoms with van der Waals surface area (Å²) in [6.45, 7) is 6.89. The van der Waals surface area contributed by atoms with Crippen LogP contribution in [0.2, 0.25) is 0 Å². The van der Waals surface area contributed by atoms with Crippen molar-refractivity contribution in [2.24, 2.45) is 17.8 Å². The maximum absolute atomic E-state index is 2.38. The van der Waals surface area contributed by atoms with E-state index in [1.54, 1.807) is 0 Å². The molecule has 0 aromatic rings. The highest BCUT2D eigenvalue weighted by atomic mass is 14.3. The van der Waals surface area contributed by atoms with E-state index in [2.05, 4.69) is 32.9 Å². The van der Waals surface area contributed by atoms with E-state index in [-0.39, 0.29) is 0 Å². The predicted molar refractivity (Wildman–Crippen MR) is 50.5 cm³/mol. The molecule has 0 N–H and O–H groups in total. The molecule has 0 bridgehead atoms. The highest BCUT2D eigenvalue weighted by molar-refractivity contribution is 4.90. The summed E-state index contributed by atoms with van der Waals surface area (Å²) in [5.41, 5.74) is 0. The van der Waals surface area contributed by atoms with Crippen molar-refractivity contribution in [3.8, 4) is 0 Å². The molecular weight excluding hydrogens is 132 g/mol. The first-order valence-electron chi connectivity index (χ1n) is 4.85. The van der Waals surface area contributed by atoms with Crippen molar-refractivity contribution < 1.29 is 0 Å². The summed E-state index contributed by atoms with van der Waals surface area (Å²) < 4.78 is 0. The predicted octanol–water partition coefficient (Wildman–Crippen LogP) is 3.63. The van der Waals surface area contributed by atoms with E-state index in [9.17, 15) is 0 Å². The second kappa shape index (κ2) is 3.94. The lowest BCUT2D eigenvalue weighted by molar-refractivity contribution is 0.252. The third-order valence-electron chi connectivity index (χ3n) is 2.68. The summed E-state index contributed by atoms with van der Waals surface area (Å²) in [7, 11) is 0. The first-order chi connectivity index (χ1) is 5.22. The molecule has 2 atom stereocenters. The lowest BCUT2D eigenvalue weighted by atomic mass is 9.77. The van der Waals surface area contributed by atoms with Crippen LogP contribution in [0.25, 0.3) is 0 Å². The molecule has 64 valence electrons. The van der Waals surface area contributed by atoms with Gasteiger partial charge in [0, 0.05) is 0 Å². The largest absolute Gasteiger partial charge is 0.0914 e. The highest BCUT2D eigenvalue weighted by Crippen LogP contribution is 2.33. The van der Waals surface area contributed by atoms with Gasteiger partial charge in [-0.1, -0.05) is 26.0 Å². The van der Waals surface area contributed by atoms with E-state index in [1.807, 2.05) is 0 Å². The maximum Gasteiger partial charge on any atom is -0.0229 e. The number of allylic oxidation sites excluding steroid dienone is 2. The molecule has 0 amide bonds. The smallest absolute Gasteiger partial charge is 0.0229 e. The fourth-order valence-electron chi connectivity index (χ4n) is 2.44. The topological polar surface area (TPSA) is 0 Å². The Bertz CT molecular complexity index is 125. The Kier molecular flexibility index (Phi) is 3.16. The number of hydrogen-bond donors (Lipinski definition) is 0. The maximum atomic E-state index is 2.38. The van der Waals surface area contributed by atoms with E-state index in [0.717, 1.165) is 17.8 Å². The van der Waals surface area contributed by atoms with Crippen LogP contribution in [0.4, 0.5) is 0 Å². The standard InChI is InChI=1S/C11H20/c1-4-5-11-7-9(2)6-10(3)8-11/h4-5,9-11H,6-8H2,1-3H3/b5-4+. The minimum atomic E-state index is 0.874. The minimum absolute atomic E-state index is 0.874. The Labute approximate surface area is 70.7 Å². The van der Waals surface area contributed by atoms with Crippen molar-refractivity contribution in [3.05, 3.63) is 12.2 Å². The second-order valence-electron chi connectivity index (χ2n) is 4.20. The first kappa shape index (κ1) is 8.83. The molecular formula is C11H20. The van der Waals surface area contributed by atoms with Crippen LogP contribution >= 0.6 is 0 Å². The van der Waals surface area contributed by atoms with Crippen molar-refractivity contribution in [2.45, 2.75) is 40.0 Å². The Morgan fingerprint density at radius 2 is 1.55 bits per heavy atom. The van der Waals surface area contributed by atoms with Crippen molar-refractivity contribution in [2.75, 3.05) is 0 Å². The van der Waals surface area contributed by atoms with Crippen molar-refractivity contribution in [1.82, 2.24) is 0 Å². The summed E-state index contributed by atoms with van der Waals surface area (Å²) in [5, 5.41) is 0. The molecule has 1 rings (SSSR count). The average molecular weight is 152 g/mol. The van der Waals surface area contributed by atoms with Gasteiger partial charge in [-0.15, -0.1) is 0 Å². The summed E-state index contributed by atoms with van der Waals surface area (Å²) in [6.07, 6.45) is 8.85.